The average molecular weight is 349 g/mol. The summed E-state index contributed by atoms with van der Waals surface area (Å²) >= 11 is 1.16. The molecule has 3 aromatic rings. The summed E-state index contributed by atoms with van der Waals surface area (Å²) in [6.45, 7) is 1.68. The lowest BCUT2D eigenvalue weighted by Crippen LogP contribution is -2.01. The molecule has 1 unspecified atom stereocenters. The fourth-order valence-corrected chi connectivity index (χ4v) is 3.40. The van der Waals surface area contributed by atoms with Gasteiger partial charge in [-0.15, -0.1) is 10.2 Å². The number of rotatable bonds is 4. The lowest BCUT2D eigenvalue weighted by atomic mass is 10.1. The number of halogens is 3. The Morgan fingerprint density at radius 1 is 0.917 bits per heavy atom. The SMILES string of the molecule is CC(Sc1nnc(-c2ccccc2F)n1C)c1c(F)cccc1F. The molecule has 1 atom stereocenters. The van der Waals surface area contributed by atoms with Gasteiger partial charge in [-0.05, 0) is 31.2 Å². The van der Waals surface area contributed by atoms with Gasteiger partial charge in [0.1, 0.15) is 17.5 Å². The van der Waals surface area contributed by atoms with Crippen LogP contribution in [0.2, 0.25) is 0 Å². The number of nitrogens with zero attached hydrogens (tertiary/aromatic N) is 3. The molecule has 0 saturated heterocycles. The molecule has 3 rings (SSSR count). The van der Waals surface area contributed by atoms with Gasteiger partial charge in [-0.1, -0.05) is 30.0 Å². The Balaban J connectivity index is 1.91. The molecule has 0 fully saturated rings. The Hall–Kier alpha value is -2.28. The normalized spacial score (nSPS) is 12.4. The fourth-order valence-electron chi connectivity index (χ4n) is 2.41. The summed E-state index contributed by atoms with van der Waals surface area (Å²) in [5, 5.41) is 7.96. The lowest BCUT2D eigenvalue weighted by molar-refractivity contribution is 0.557. The summed E-state index contributed by atoms with van der Waals surface area (Å²) in [6, 6.07) is 10.0. The molecule has 0 N–H and O–H groups in total. The summed E-state index contributed by atoms with van der Waals surface area (Å²) in [7, 11) is 1.69. The maximum Gasteiger partial charge on any atom is 0.191 e. The van der Waals surface area contributed by atoms with Crippen molar-refractivity contribution in [3.63, 3.8) is 0 Å². The minimum absolute atomic E-state index is 0.0158. The molecule has 0 spiro atoms. The van der Waals surface area contributed by atoms with Crippen molar-refractivity contribution in [1.82, 2.24) is 14.8 Å². The predicted octanol–water partition coefficient (Wildman–Crippen LogP) is 4.75. The van der Waals surface area contributed by atoms with E-state index in [9.17, 15) is 13.2 Å². The van der Waals surface area contributed by atoms with Gasteiger partial charge >= 0.3 is 0 Å². The van der Waals surface area contributed by atoms with Crippen molar-refractivity contribution in [1.29, 1.82) is 0 Å². The number of hydrogen-bond acceptors (Lipinski definition) is 3. The first-order valence-electron chi connectivity index (χ1n) is 7.24. The maximum absolute atomic E-state index is 13.9. The number of thioether (sulfide) groups is 1. The van der Waals surface area contributed by atoms with Crippen LogP contribution < -0.4 is 0 Å². The summed E-state index contributed by atoms with van der Waals surface area (Å²) in [5.74, 6) is -1.26. The first-order chi connectivity index (χ1) is 11.5. The first-order valence-corrected chi connectivity index (χ1v) is 8.12. The molecular formula is C17H14F3N3S. The van der Waals surface area contributed by atoms with Crippen molar-refractivity contribution >= 4 is 11.8 Å². The molecule has 3 nitrogen and oxygen atoms in total. The highest BCUT2D eigenvalue weighted by Crippen LogP contribution is 2.37. The van der Waals surface area contributed by atoms with Crippen LogP contribution in [0.1, 0.15) is 17.7 Å². The molecule has 2 aromatic carbocycles. The highest BCUT2D eigenvalue weighted by atomic mass is 32.2. The molecular weight excluding hydrogens is 335 g/mol. The minimum Gasteiger partial charge on any atom is -0.305 e. The highest BCUT2D eigenvalue weighted by Gasteiger charge is 2.21. The molecule has 0 bridgehead atoms. The van der Waals surface area contributed by atoms with E-state index in [4.69, 9.17) is 0 Å². The van der Waals surface area contributed by atoms with Crippen LogP contribution in [-0.2, 0) is 7.05 Å². The first kappa shape index (κ1) is 16.6. The van der Waals surface area contributed by atoms with Crippen LogP contribution in [0, 0.1) is 17.5 Å². The number of hydrogen-bond donors (Lipinski definition) is 0. The Morgan fingerprint density at radius 3 is 2.21 bits per heavy atom. The molecule has 1 heterocycles. The van der Waals surface area contributed by atoms with E-state index in [2.05, 4.69) is 10.2 Å². The molecule has 0 aliphatic heterocycles. The molecule has 0 radical (unpaired) electrons. The standard InChI is InChI=1S/C17H14F3N3S/c1-10(15-13(19)8-5-9-14(15)20)24-17-22-21-16(23(17)2)11-6-3-4-7-12(11)18/h3-10H,1-2H3. The Kier molecular flexibility index (Phi) is 4.62. The van der Waals surface area contributed by atoms with Crippen molar-refractivity contribution < 1.29 is 13.2 Å². The van der Waals surface area contributed by atoms with E-state index in [0.717, 1.165) is 11.8 Å². The monoisotopic (exact) mass is 349 g/mol. The second kappa shape index (κ2) is 6.68. The van der Waals surface area contributed by atoms with Gasteiger partial charge in [-0.2, -0.15) is 0 Å². The zero-order chi connectivity index (χ0) is 17.3. The van der Waals surface area contributed by atoms with Crippen molar-refractivity contribution in [2.24, 2.45) is 7.05 Å². The molecule has 0 saturated carbocycles. The van der Waals surface area contributed by atoms with E-state index in [0.29, 0.717) is 16.5 Å². The van der Waals surface area contributed by atoms with Crippen molar-refractivity contribution in [2.75, 3.05) is 0 Å². The van der Waals surface area contributed by atoms with Gasteiger partial charge < -0.3 is 4.57 Å². The van der Waals surface area contributed by atoms with E-state index >= 15 is 0 Å². The third-order valence-corrected chi connectivity index (χ3v) is 4.79. The lowest BCUT2D eigenvalue weighted by Gasteiger charge is -2.13. The van der Waals surface area contributed by atoms with Gasteiger partial charge in [0.25, 0.3) is 0 Å². The number of aromatic nitrogens is 3. The van der Waals surface area contributed by atoms with E-state index in [-0.39, 0.29) is 5.56 Å². The zero-order valence-electron chi connectivity index (χ0n) is 13.0. The zero-order valence-corrected chi connectivity index (χ0v) is 13.8. The number of benzene rings is 2. The van der Waals surface area contributed by atoms with Crippen LogP contribution in [0.5, 0.6) is 0 Å². The average Bonchev–Trinajstić information content (AvgIpc) is 2.89. The van der Waals surface area contributed by atoms with Gasteiger partial charge in [0.15, 0.2) is 11.0 Å². The predicted molar refractivity (Wildman–Crippen MR) is 87.0 cm³/mol. The molecule has 1 aromatic heterocycles. The van der Waals surface area contributed by atoms with Gasteiger partial charge in [-0.3, -0.25) is 0 Å². The quantitative estimate of drug-likeness (QED) is 0.637. The third-order valence-electron chi connectivity index (χ3n) is 3.64. The Bertz CT molecular complexity index is 859. The van der Waals surface area contributed by atoms with Gasteiger partial charge in [-0.25, -0.2) is 13.2 Å². The van der Waals surface area contributed by atoms with Crippen molar-refractivity contribution in [3.05, 3.63) is 65.5 Å². The fraction of sp³-hybridized carbons (Fsp3) is 0.176. The van der Waals surface area contributed by atoms with E-state index in [1.54, 1.807) is 36.7 Å². The molecule has 124 valence electrons. The van der Waals surface area contributed by atoms with Crippen LogP contribution in [0.25, 0.3) is 11.4 Å². The second-order valence-electron chi connectivity index (χ2n) is 5.24. The van der Waals surface area contributed by atoms with Gasteiger partial charge in [0.05, 0.1) is 5.56 Å². The van der Waals surface area contributed by atoms with Crippen LogP contribution in [0.3, 0.4) is 0 Å². The highest BCUT2D eigenvalue weighted by molar-refractivity contribution is 7.99. The summed E-state index contributed by atoms with van der Waals surface area (Å²) in [5.41, 5.74) is 0.307. The molecule has 0 aliphatic rings. The van der Waals surface area contributed by atoms with Crippen molar-refractivity contribution in [2.45, 2.75) is 17.3 Å². The molecule has 0 aliphatic carbocycles. The summed E-state index contributed by atoms with van der Waals surface area (Å²) in [6.07, 6.45) is 0. The van der Waals surface area contributed by atoms with Gasteiger partial charge in [0, 0.05) is 17.9 Å². The molecule has 0 amide bonds. The largest absolute Gasteiger partial charge is 0.305 e. The van der Waals surface area contributed by atoms with E-state index < -0.39 is 22.7 Å². The third kappa shape index (κ3) is 3.03. The second-order valence-corrected chi connectivity index (χ2v) is 6.55. The molecule has 7 heteroatoms. The van der Waals surface area contributed by atoms with E-state index in [1.807, 2.05) is 0 Å². The summed E-state index contributed by atoms with van der Waals surface area (Å²) < 4.78 is 43.3. The van der Waals surface area contributed by atoms with Crippen LogP contribution in [-0.4, -0.2) is 14.8 Å². The van der Waals surface area contributed by atoms with Crippen LogP contribution >= 0.6 is 11.8 Å². The topological polar surface area (TPSA) is 30.7 Å². The van der Waals surface area contributed by atoms with Gasteiger partial charge in [0.2, 0.25) is 0 Å². The minimum atomic E-state index is -0.605. The Labute approximate surface area is 141 Å². The van der Waals surface area contributed by atoms with E-state index in [1.165, 1.54) is 24.3 Å². The maximum atomic E-state index is 13.9. The Morgan fingerprint density at radius 2 is 1.54 bits per heavy atom. The molecule has 24 heavy (non-hydrogen) atoms. The summed E-state index contributed by atoms with van der Waals surface area (Å²) in [4.78, 5) is 0. The van der Waals surface area contributed by atoms with Crippen LogP contribution in [0.15, 0.2) is 47.6 Å². The smallest absolute Gasteiger partial charge is 0.191 e. The van der Waals surface area contributed by atoms with Crippen LogP contribution in [0.4, 0.5) is 13.2 Å². The van der Waals surface area contributed by atoms with Crippen molar-refractivity contribution in [3.8, 4) is 11.4 Å².